The number of aliphatic hydroxyl groups is 1. The maximum absolute atomic E-state index is 12.3. The van der Waals surface area contributed by atoms with Crippen molar-refractivity contribution in [3.8, 4) is 17.6 Å². The largest absolute Gasteiger partial charge is 0.495 e. The Morgan fingerprint density at radius 2 is 2.29 bits per heavy atom. The molecule has 1 aromatic rings. The molecule has 0 saturated heterocycles. The first-order valence-corrected chi connectivity index (χ1v) is 7.24. The highest BCUT2D eigenvalue weighted by atomic mass is 16.5. The quantitative estimate of drug-likeness (QED) is 0.836. The van der Waals surface area contributed by atoms with Gasteiger partial charge in [0.2, 0.25) is 0 Å². The number of hydrogen-bond acceptors (Lipinski definition) is 3. The molecule has 2 N–H and O–H groups in total. The smallest absolute Gasteiger partial charge is 0.251 e. The van der Waals surface area contributed by atoms with E-state index in [2.05, 4.69) is 24.1 Å². The van der Waals surface area contributed by atoms with E-state index in [1.807, 2.05) is 0 Å². The summed E-state index contributed by atoms with van der Waals surface area (Å²) in [6, 6.07) is 5.43. The number of rotatable bonds is 3. The molecule has 1 aliphatic carbocycles. The molecule has 112 valence electrons. The van der Waals surface area contributed by atoms with E-state index in [-0.39, 0.29) is 18.6 Å². The van der Waals surface area contributed by atoms with Crippen molar-refractivity contribution in [1.29, 1.82) is 0 Å². The second kappa shape index (κ2) is 7.14. The maximum atomic E-state index is 12.3. The number of aliphatic hydroxyl groups excluding tert-OH is 1. The molecule has 1 amide bonds. The van der Waals surface area contributed by atoms with Crippen LogP contribution in [0.15, 0.2) is 18.2 Å². The molecule has 4 heteroatoms. The molecule has 1 saturated carbocycles. The van der Waals surface area contributed by atoms with Crippen LogP contribution in [0.1, 0.15) is 42.1 Å². The molecule has 4 nitrogen and oxygen atoms in total. The van der Waals surface area contributed by atoms with Crippen molar-refractivity contribution in [3.05, 3.63) is 29.3 Å². The van der Waals surface area contributed by atoms with Crippen molar-refractivity contribution >= 4 is 5.91 Å². The number of benzene rings is 1. The summed E-state index contributed by atoms with van der Waals surface area (Å²) in [5.74, 6) is 6.43. The van der Waals surface area contributed by atoms with Crippen LogP contribution in [0.3, 0.4) is 0 Å². The summed E-state index contributed by atoms with van der Waals surface area (Å²) in [7, 11) is 1.55. The first kappa shape index (κ1) is 15.4. The van der Waals surface area contributed by atoms with Gasteiger partial charge in [0.25, 0.3) is 5.91 Å². The normalized spacial score (nSPS) is 20.5. The molecule has 21 heavy (non-hydrogen) atoms. The van der Waals surface area contributed by atoms with Gasteiger partial charge in [-0.3, -0.25) is 4.79 Å². The molecule has 0 radical (unpaired) electrons. The Labute approximate surface area is 125 Å². The molecule has 1 fully saturated rings. The van der Waals surface area contributed by atoms with Gasteiger partial charge in [-0.1, -0.05) is 25.2 Å². The van der Waals surface area contributed by atoms with Crippen LogP contribution in [0.5, 0.6) is 5.75 Å². The van der Waals surface area contributed by atoms with Gasteiger partial charge in [0, 0.05) is 11.6 Å². The fraction of sp³-hybridized carbons (Fsp3) is 0.471. The zero-order valence-electron chi connectivity index (χ0n) is 12.5. The Bertz CT molecular complexity index is 571. The standard InChI is InChI=1S/C17H21NO3/c1-12-5-3-7-15(12)18-17(20)14-8-9-16(21-2)13(11-14)6-4-10-19/h8-9,11-12,15,19H,3,5,7,10H2,1-2H3,(H,18,20). The van der Waals surface area contributed by atoms with Crippen molar-refractivity contribution in [3.63, 3.8) is 0 Å². The molecule has 1 aromatic carbocycles. The molecule has 2 rings (SSSR count). The Balaban J connectivity index is 2.17. The second-order valence-corrected chi connectivity index (χ2v) is 5.36. The molecule has 0 spiro atoms. The molecule has 0 aliphatic heterocycles. The molecular weight excluding hydrogens is 266 g/mol. The van der Waals surface area contributed by atoms with Gasteiger partial charge in [-0.25, -0.2) is 0 Å². The van der Waals surface area contributed by atoms with Crippen molar-refractivity contribution < 1.29 is 14.6 Å². The third-order valence-electron chi connectivity index (χ3n) is 3.94. The van der Waals surface area contributed by atoms with Crippen LogP contribution in [-0.2, 0) is 0 Å². The van der Waals surface area contributed by atoms with E-state index >= 15 is 0 Å². The highest BCUT2D eigenvalue weighted by molar-refractivity contribution is 5.95. The van der Waals surface area contributed by atoms with E-state index in [1.165, 1.54) is 12.8 Å². The van der Waals surface area contributed by atoms with Gasteiger partial charge in [0.15, 0.2) is 0 Å². The number of hydrogen-bond donors (Lipinski definition) is 2. The molecule has 0 bridgehead atoms. The predicted molar refractivity (Wildman–Crippen MR) is 81.2 cm³/mol. The average Bonchev–Trinajstić information content (AvgIpc) is 2.90. The van der Waals surface area contributed by atoms with Gasteiger partial charge in [-0.15, -0.1) is 0 Å². The average molecular weight is 287 g/mol. The van der Waals surface area contributed by atoms with E-state index in [0.717, 1.165) is 6.42 Å². The fourth-order valence-corrected chi connectivity index (χ4v) is 2.69. The summed E-state index contributed by atoms with van der Waals surface area (Å²) in [5.41, 5.74) is 1.18. The van der Waals surface area contributed by atoms with Crippen LogP contribution in [0.25, 0.3) is 0 Å². The third kappa shape index (κ3) is 3.77. The Hall–Kier alpha value is -1.99. The van der Waals surface area contributed by atoms with Gasteiger partial charge >= 0.3 is 0 Å². The molecule has 1 aliphatic rings. The number of ether oxygens (including phenoxy) is 1. The van der Waals surface area contributed by atoms with Crippen LogP contribution in [0, 0.1) is 17.8 Å². The van der Waals surface area contributed by atoms with E-state index in [0.29, 0.717) is 22.8 Å². The van der Waals surface area contributed by atoms with Crippen LogP contribution in [-0.4, -0.2) is 30.8 Å². The van der Waals surface area contributed by atoms with E-state index in [9.17, 15) is 4.79 Å². The lowest BCUT2D eigenvalue weighted by molar-refractivity contribution is 0.0929. The zero-order chi connectivity index (χ0) is 15.2. The number of amides is 1. The van der Waals surface area contributed by atoms with Gasteiger partial charge in [-0.2, -0.15) is 0 Å². The predicted octanol–water partition coefficient (Wildman–Crippen LogP) is 1.96. The molecule has 0 aromatic heterocycles. The Morgan fingerprint density at radius 3 is 2.90 bits per heavy atom. The van der Waals surface area contributed by atoms with E-state index in [1.54, 1.807) is 25.3 Å². The Morgan fingerprint density at radius 1 is 1.48 bits per heavy atom. The summed E-state index contributed by atoms with van der Waals surface area (Å²) in [5, 5.41) is 11.9. The highest BCUT2D eigenvalue weighted by Gasteiger charge is 2.25. The van der Waals surface area contributed by atoms with E-state index in [4.69, 9.17) is 9.84 Å². The van der Waals surface area contributed by atoms with Gasteiger partial charge < -0.3 is 15.2 Å². The summed E-state index contributed by atoms with van der Waals surface area (Å²) in [6.45, 7) is 1.95. The first-order valence-electron chi connectivity index (χ1n) is 7.24. The highest BCUT2D eigenvalue weighted by Crippen LogP contribution is 2.25. The summed E-state index contributed by atoms with van der Waals surface area (Å²) >= 11 is 0. The zero-order valence-corrected chi connectivity index (χ0v) is 12.5. The Kier molecular flexibility index (Phi) is 5.24. The lowest BCUT2D eigenvalue weighted by Crippen LogP contribution is -2.36. The second-order valence-electron chi connectivity index (χ2n) is 5.36. The van der Waals surface area contributed by atoms with Crippen LogP contribution < -0.4 is 10.1 Å². The number of nitrogens with one attached hydrogen (secondary N) is 1. The molecule has 2 unspecified atom stereocenters. The van der Waals surface area contributed by atoms with Crippen LogP contribution in [0.2, 0.25) is 0 Å². The molecule has 0 heterocycles. The lowest BCUT2D eigenvalue weighted by Gasteiger charge is -2.17. The van der Waals surface area contributed by atoms with Crippen molar-refractivity contribution in [2.75, 3.05) is 13.7 Å². The number of carbonyl (C=O) groups is 1. The molecule has 2 atom stereocenters. The topological polar surface area (TPSA) is 58.6 Å². The SMILES string of the molecule is COc1ccc(C(=O)NC2CCCC2C)cc1C#CCO. The third-order valence-corrected chi connectivity index (χ3v) is 3.94. The summed E-state index contributed by atoms with van der Waals surface area (Å²) in [4.78, 5) is 12.3. The van der Waals surface area contributed by atoms with Crippen LogP contribution >= 0.6 is 0 Å². The minimum atomic E-state index is -0.223. The van der Waals surface area contributed by atoms with Crippen molar-refractivity contribution in [2.45, 2.75) is 32.2 Å². The minimum absolute atomic E-state index is 0.0801. The van der Waals surface area contributed by atoms with Gasteiger partial charge in [0.05, 0.1) is 12.7 Å². The minimum Gasteiger partial charge on any atom is -0.495 e. The van der Waals surface area contributed by atoms with Crippen molar-refractivity contribution in [1.82, 2.24) is 5.32 Å². The monoisotopic (exact) mass is 287 g/mol. The lowest BCUT2D eigenvalue weighted by atomic mass is 10.0. The first-order chi connectivity index (χ1) is 10.2. The van der Waals surface area contributed by atoms with Crippen molar-refractivity contribution in [2.24, 2.45) is 5.92 Å². The molecular formula is C17H21NO3. The van der Waals surface area contributed by atoms with Gasteiger partial charge in [0.1, 0.15) is 12.4 Å². The fourth-order valence-electron chi connectivity index (χ4n) is 2.69. The van der Waals surface area contributed by atoms with Gasteiger partial charge in [-0.05, 0) is 37.0 Å². The van der Waals surface area contributed by atoms with Crippen LogP contribution in [0.4, 0.5) is 0 Å². The maximum Gasteiger partial charge on any atom is 0.251 e. The summed E-state index contributed by atoms with van der Waals surface area (Å²) < 4.78 is 5.21. The number of methoxy groups -OCH3 is 1. The number of carbonyl (C=O) groups excluding carboxylic acids is 1. The van der Waals surface area contributed by atoms with E-state index < -0.39 is 0 Å². The summed E-state index contributed by atoms with van der Waals surface area (Å²) in [6.07, 6.45) is 3.38.